The fourth-order valence-electron chi connectivity index (χ4n) is 1.91. The molecule has 0 saturated carbocycles. The van der Waals surface area contributed by atoms with E-state index in [1.165, 1.54) is 12.5 Å². The number of nitrogens with one attached hydrogen (secondary N) is 2. The average molecular weight is 423 g/mol. The molecule has 1 atom stereocenters. The van der Waals surface area contributed by atoms with Crippen LogP contribution in [0.25, 0.3) is 0 Å². The normalized spacial score (nSPS) is 11.4. The summed E-state index contributed by atoms with van der Waals surface area (Å²) in [6.45, 7) is 1.44. The summed E-state index contributed by atoms with van der Waals surface area (Å²) < 4.78 is 15.7. The van der Waals surface area contributed by atoms with Crippen LogP contribution in [0, 0.1) is 0 Å². The topological polar surface area (TPSA) is 151 Å². The van der Waals surface area contributed by atoms with Crippen LogP contribution in [0.4, 0.5) is 4.79 Å². The minimum absolute atomic E-state index is 0.0627. The lowest BCUT2D eigenvalue weighted by atomic mass is 10.2. The Morgan fingerprint density at radius 1 is 1.03 bits per heavy atom. The van der Waals surface area contributed by atoms with E-state index in [1.807, 2.05) is 36.4 Å². The Balaban J connectivity index is 0.000000436. The van der Waals surface area contributed by atoms with Crippen molar-refractivity contribution in [3.05, 3.63) is 71.8 Å². The molecule has 2 rings (SSSR count). The molecule has 2 amide bonds. The maximum Gasteiger partial charge on any atom is 0.407 e. The van der Waals surface area contributed by atoms with Gasteiger partial charge < -0.3 is 30.9 Å². The first-order chi connectivity index (χ1) is 13.7. The minimum Gasteiger partial charge on any atom is -0.445 e. The fraction of sp³-hybridized carbons (Fsp3) is 0.263. The predicted octanol–water partition coefficient (Wildman–Crippen LogP) is 1.70. The molecule has 0 spiro atoms. The van der Waals surface area contributed by atoms with Crippen molar-refractivity contribution in [1.82, 2.24) is 10.6 Å². The predicted molar refractivity (Wildman–Crippen MR) is 109 cm³/mol. The summed E-state index contributed by atoms with van der Waals surface area (Å²) in [5.41, 5.74) is 7.34. The molecule has 0 heterocycles. The quantitative estimate of drug-likeness (QED) is 0.425. The number of benzene rings is 2. The van der Waals surface area contributed by atoms with E-state index >= 15 is 0 Å². The van der Waals surface area contributed by atoms with Crippen molar-refractivity contribution >= 4 is 19.6 Å². The molecule has 2 aromatic carbocycles. The van der Waals surface area contributed by atoms with E-state index in [4.69, 9.17) is 20.3 Å². The van der Waals surface area contributed by atoms with Crippen LogP contribution in [0.5, 0.6) is 0 Å². The lowest BCUT2D eigenvalue weighted by Crippen LogP contribution is -2.40. The van der Waals surface area contributed by atoms with Gasteiger partial charge in [0, 0.05) is 6.54 Å². The van der Waals surface area contributed by atoms with E-state index < -0.39 is 31.9 Å². The third kappa shape index (κ3) is 11.0. The Hall–Kier alpha value is -2.71. The van der Waals surface area contributed by atoms with Crippen molar-refractivity contribution in [1.29, 1.82) is 0 Å². The van der Waals surface area contributed by atoms with Crippen molar-refractivity contribution in [3.63, 3.8) is 0 Å². The molecule has 0 fully saturated rings. The number of nitrogens with two attached hydrogens (primary N) is 1. The lowest BCUT2D eigenvalue weighted by molar-refractivity contribution is -0.120. The highest BCUT2D eigenvalue weighted by molar-refractivity contribution is 7.52. The van der Waals surface area contributed by atoms with Crippen LogP contribution in [0.1, 0.15) is 18.1 Å². The molecule has 0 unspecified atom stereocenters. The molecule has 10 heteroatoms. The number of hydrogen-bond acceptors (Lipinski definition) is 5. The number of hydrogen-bond donors (Lipinski definition) is 5. The lowest BCUT2D eigenvalue weighted by Gasteiger charge is -2.15. The van der Waals surface area contributed by atoms with Crippen LogP contribution in [0.15, 0.2) is 60.7 Å². The third-order valence-corrected chi connectivity index (χ3v) is 4.70. The van der Waals surface area contributed by atoms with Crippen molar-refractivity contribution < 1.29 is 28.7 Å². The second kappa shape index (κ2) is 12.7. The van der Waals surface area contributed by atoms with E-state index in [0.717, 1.165) is 5.56 Å². The van der Waals surface area contributed by atoms with Gasteiger partial charge in [-0.05, 0) is 18.1 Å². The van der Waals surface area contributed by atoms with Gasteiger partial charge >= 0.3 is 13.7 Å². The number of ether oxygens (including phenoxy) is 1. The van der Waals surface area contributed by atoms with E-state index in [0.29, 0.717) is 6.54 Å². The molecule has 158 valence electrons. The van der Waals surface area contributed by atoms with Gasteiger partial charge in [0.2, 0.25) is 5.91 Å². The molecule has 9 nitrogen and oxygen atoms in total. The Morgan fingerprint density at radius 3 is 2.00 bits per heavy atom. The highest BCUT2D eigenvalue weighted by Gasteiger charge is 2.25. The average Bonchev–Trinajstić information content (AvgIpc) is 2.72. The van der Waals surface area contributed by atoms with Crippen molar-refractivity contribution in [3.8, 4) is 0 Å². The van der Waals surface area contributed by atoms with Gasteiger partial charge in [-0.25, -0.2) is 4.79 Å². The van der Waals surface area contributed by atoms with Crippen LogP contribution >= 0.6 is 7.60 Å². The Morgan fingerprint density at radius 2 is 1.55 bits per heavy atom. The summed E-state index contributed by atoms with van der Waals surface area (Å²) in [6, 6.07) is 19.0. The van der Waals surface area contributed by atoms with Gasteiger partial charge in [0.1, 0.15) is 18.9 Å². The van der Waals surface area contributed by atoms with Gasteiger partial charge in [0.25, 0.3) is 0 Å². The van der Waals surface area contributed by atoms with Crippen LogP contribution in [0.3, 0.4) is 0 Å². The molecule has 0 saturated heterocycles. The van der Waals surface area contributed by atoms with Gasteiger partial charge in [-0.2, -0.15) is 0 Å². The summed E-state index contributed by atoms with van der Waals surface area (Å²) in [6.07, 6.45) is -0.794. The largest absolute Gasteiger partial charge is 0.445 e. The molecule has 2 aromatic rings. The number of amides is 2. The van der Waals surface area contributed by atoms with Crippen LogP contribution < -0.4 is 16.4 Å². The zero-order valence-electron chi connectivity index (χ0n) is 16.0. The van der Waals surface area contributed by atoms with Crippen LogP contribution in [-0.4, -0.2) is 34.1 Å². The highest BCUT2D eigenvalue weighted by Crippen LogP contribution is 2.38. The number of carbonyl (C=O) groups excluding carboxylic acids is 2. The SMILES string of the molecule is C[C@H](NC(=O)CNC(=O)OCc1ccccc1)P(=O)(O)O.NCc1ccccc1. The Bertz CT molecular complexity index is 798. The zero-order chi connectivity index (χ0) is 21.7. The maximum absolute atomic E-state index is 11.4. The summed E-state index contributed by atoms with van der Waals surface area (Å²) in [5, 5.41) is 4.26. The number of alkyl carbamates (subject to hydrolysis) is 1. The maximum atomic E-state index is 11.4. The summed E-state index contributed by atoms with van der Waals surface area (Å²) >= 11 is 0. The zero-order valence-corrected chi connectivity index (χ0v) is 16.9. The molecule has 0 aliphatic rings. The molecular formula is C19H26N3O6P. The molecule has 0 bridgehead atoms. The Labute approximate surface area is 169 Å². The Kier molecular flexibility index (Phi) is 10.6. The standard InChI is InChI=1S/C12H17N2O6P.C7H9N/c1-9(21(17,18)19)14-11(15)7-13-12(16)20-8-10-5-3-2-4-6-10;8-6-7-4-2-1-3-5-7/h2-6,9H,7-8H2,1H3,(H,13,16)(H,14,15)(H2,17,18,19);1-5H,6,8H2/t9-;/m1./s1. The van der Waals surface area contributed by atoms with Crippen LogP contribution in [-0.2, 0) is 27.2 Å². The summed E-state index contributed by atoms with van der Waals surface area (Å²) in [5.74, 6) is -2.03. The van der Waals surface area contributed by atoms with E-state index in [2.05, 4.69) is 10.6 Å². The first-order valence-corrected chi connectivity index (χ1v) is 10.4. The smallest absolute Gasteiger partial charge is 0.407 e. The molecule has 6 N–H and O–H groups in total. The van der Waals surface area contributed by atoms with E-state index in [1.54, 1.807) is 24.3 Å². The van der Waals surface area contributed by atoms with Gasteiger partial charge in [0.15, 0.2) is 0 Å². The third-order valence-electron chi connectivity index (χ3n) is 3.56. The van der Waals surface area contributed by atoms with Crippen molar-refractivity contribution in [2.45, 2.75) is 25.9 Å². The molecule has 0 aliphatic heterocycles. The molecule has 0 aromatic heterocycles. The monoisotopic (exact) mass is 423 g/mol. The van der Waals surface area contributed by atoms with Crippen molar-refractivity contribution in [2.24, 2.45) is 5.73 Å². The number of rotatable bonds is 7. The first kappa shape index (κ1) is 24.3. The second-order valence-corrected chi connectivity index (χ2v) is 7.89. The van der Waals surface area contributed by atoms with Gasteiger partial charge in [-0.1, -0.05) is 60.7 Å². The summed E-state index contributed by atoms with van der Waals surface area (Å²) in [4.78, 5) is 40.3. The van der Waals surface area contributed by atoms with Crippen molar-refractivity contribution in [2.75, 3.05) is 6.54 Å². The van der Waals surface area contributed by atoms with Gasteiger partial charge in [0.05, 0.1) is 0 Å². The molecule has 0 aliphatic carbocycles. The number of carbonyl (C=O) groups is 2. The van der Waals surface area contributed by atoms with Crippen LogP contribution in [0.2, 0.25) is 0 Å². The van der Waals surface area contributed by atoms with E-state index in [-0.39, 0.29) is 6.61 Å². The molecule has 29 heavy (non-hydrogen) atoms. The van der Waals surface area contributed by atoms with Gasteiger partial charge in [-0.3, -0.25) is 9.36 Å². The summed E-state index contributed by atoms with van der Waals surface area (Å²) in [7, 11) is -4.39. The highest BCUT2D eigenvalue weighted by atomic mass is 31.2. The second-order valence-electron chi connectivity index (χ2n) is 5.94. The molecule has 0 radical (unpaired) electrons. The van der Waals surface area contributed by atoms with Gasteiger partial charge in [-0.15, -0.1) is 0 Å². The first-order valence-electron chi connectivity index (χ1n) is 8.75. The minimum atomic E-state index is -4.39. The fourth-order valence-corrected chi connectivity index (χ4v) is 2.22. The van der Waals surface area contributed by atoms with E-state index in [9.17, 15) is 14.2 Å². The molecular weight excluding hydrogens is 397 g/mol.